The Labute approximate surface area is 210 Å². The van der Waals surface area contributed by atoms with Crippen molar-refractivity contribution in [2.45, 2.75) is 24.3 Å². The second kappa shape index (κ2) is 12.6. The lowest BCUT2D eigenvalue weighted by molar-refractivity contribution is 0.102. The van der Waals surface area contributed by atoms with Crippen molar-refractivity contribution < 1.29 is 17.6 Å². The Bertz CT molecular complexity index is 1230. The zero-order valence-corrected chi connectivity index (χ0v) is 20.6. The molecule has 0 fully saturated rings. The molecule has 0 bridgehead atoms. The lowest BCUT2D eigenvalue weighted by Crippen LogP contribution is -2.32. The molecule has 0 saturated carbocycles. The normalized spacial score (nSPS) is 12.4. The minimum absolute atomic E-state index is 0. The molecule has 0 saturated heterocycles. The SMILES string of the molecule is CCC(C(=N)S(=O)(=O)c1ccccc1F)C(N)c1ccc(C(=O)Nc2ccncc2)cc1.Cl.Cl. The number of nitrogens with one attached hydrogen (secondary N) is 2. The van der Waals surface area contributed by atoms with Gasteiger partial charge in [-0.2, -0.15) is 0 Å². The average molecular weight is 527 g/mol. The van der Waals surface area contributed by atoms with Crippen LogP contribution in [0, 0.1) is 17.1 Å². The van der Waals surface area contributed by atoms with E-state index < -0.39 is 37.6 Å². The molecule has 0 aliphatic rings. The lowest BCUT2D eigenvalue weighted by Gasteiger charge is -2.24. The monoisotopic (exact) mass is 526 g/mol. The van der Waals surface area contributed by atoms with Crippen molar-refractivity contribution in [2.24, 2.45) is 11.7 Å². The van der Waals surface area contributed by atoms with Crippen LogP contribution in [0.25, 0.3) is 0 Å². The molecule has 0 aliphatic heterocycles. The summed E-state index contributed by atoms with van der Waals surface area (Å²) in [6.07, 6.45) is 3.39. The summed E-state index contributed by atoms with van der Waals surface area (Å²) in [5.74, 6) is -2.10. The fourth-order valence-electron chi connectivity index (χ4n) is 3.31. The van der Waals surface area contributed by atoms with Gasteiger partial charge in [-0.1, -0.05) is 31.2 Å². The number of rotatable bonds is 7. The van der Waals surface area contributed by atoms with E-state index in [1.165, 1.54) is 12.1 Å². The Balaban J connectivity index is 0.00000289. The van der Waals surface area contributed by atoms with E-state index in [1.54, 1.807) is 55.7 Å². The maximum atomic E-state index is 14.1. The predicted octanol–water partition coefficient (Wildman–Crippen LogP) is 4.79. The molecule has 11 heteroatoms. The van der Waals surface area contributed by atoms with Crippen molar-refractivity contribution in [2.75, 3.05) is 5.32 Å². The van der Waals surface area contributed by atoms with Crippen LogP contribution in [0.5, 0.6) is 0 Å². The van der Waals surface area contributed by atoms with Crippen molar-refractivity contribution in [1.82, 2.24) is 4.98 Å². The summed E-state index contributed by atoms with van der Waals surface area (Å²) in [6.45, 7) is 1.71. The highest BCUT2D eigenvalue weighted by atomic mass is 35.5. The number of pyridine rings is 1. The van der Waals surface area contributed by atoms with Crippen molar-refractivity contribution in [3.8, 4) is 0 Å². The first-order valence-electron chi connectivity index (χ1n) is 9.90. The van der Waals surface area contributed by atoms with Crippen molar-refractivity contribution in [3.63, 3.8) is 0 Å². The van der Waals surface area contributed by atoms with E-state index in [1.807, 2.05) is 0 Å². The first kappa shape index (κ1) is 29.2. The molecule has 182 valence electrons. The van der Waals surface area contributed by atoms with Crippen LogP contribution >= 0.6 is 24.8 Å². The second-order valence-corrected chi connectivity index (χ2v) is 9.04. The van der Waals surface area contributed by atoms with E-state index >= 15 is 0 Å². The summed E-state index contributed by atoms with van der Waals surface area (Å²) in [5.41, 5.74) is 7.86. The van der Waals surface area contributed by atoms with Gasteiger partial charge in [-0.3, -0.25) is 15.2 Å². The van der Waals surface area contributed by atoms with Crippen LogP contribution in [-0.2, 0) is 9.84 Å². The molecule has 0 aliphatic carbocycles. The smallest absolute Gasteiger partial charge is 0.255 e. The molecule has 7 nitrogen and oxygen atoms in total. The topological polar surface area (TPSA) is 126 Å². The fourth-order valence-corrected chi connectivity index (χ4v) is 4.84. The van der Waals surface area contributed by atoms with Gasteiger partial charge in [0, 0.05) is 35.6 Å². The summed E-state index contributed by atoms with van der Waals surface area (Å²) >= 11 is 0. The van der Waals surface area contributed by atoms with Crippen LogP contribution in [-0.4, -0.2) is 24.4 Å². The van der Waals surface area contributed by atoms with Crippen molar-refractivity contribution >= 4 is 51.3 Å². The highest BCUT2D eigenvalue weighted by Gasteiger charge is 2.33. The summed E-state index contributed by atoms with van der Waals surface area (Å²) in [7, 11) is -4.33. The maximum absolute atomic E-state index is 14.1. The Morgan fingerprint density at radius 3 is 2.21 bits per heavy atom. The molecule has 4 N–H and O–H groups in total. The third kappa shape index (κ3) is 6.38. The van der Waals surface area contributed by atoms with Gasteiger partial charge in [0.15, 0.2) is 0 Å². The number of anilines is 1. The van der Waals surface area contributed by atoms with Crippen LogP contribution < -0.4 is 11.1 Å². The first-order chi connectivity index (χ1) is 15.3. The number of nitrogens with zero attached hydrogens (tertiary/aromatic N) is 1. The number of benzene rings is 2. The molecule has 1 aromatic heterocycles. The zero-order chi connectivity index (χ0) is 23.3. The zero-order valence-electron chi connectivity index (χ0n) is 18.1. The lowest BCUT2D eigenvalue weighted by atomic mass is 9.92. The summed E-state index contributed by atoms with van der Waals surface area (Å²) in [6, 6.07) is 13.9. The molecule has 0 spiro atoms. The van der Waals surface area contributed by atoms with Gasteiger partial charge in [0.2, 0.25) is 9.84 Å². The largest absolute Gasteiger partial charge is 0.323 e. The average Bonchev–Trinajstić information content (AvgIpc) is 2.80. The minimum Gasteiger partial charge on any atom is -0.323 e. The van der Waals surface area contributed by atoms with Gasteiger partial charge >= 0.3 is 0 Å². The van der Waals surface area contributed by atoms with Crippen LogP contribution in [0.1, 0.15) is 35.3 Å². The van der Waals surface area contributed by atoms with Gasteiger partial charge < -0.3 is 11.1 Å². The number of nitrogens with two attached hydrogens (primary N) is 1. The second-order valence-electron chi connectivity index (χ2n) is 7.15. The van der Waals surface area contributed by atoms with E-state index in [4.69, 9.17) is 11.1 Å². The molecular weight excluding hydrogens is 502 g/mol. The van der Waals surface area contributed by atoms with Crippen molar-refractivity contribution in [1.29, 1.82) is 5.41 Å². The quantitative estimate of drug-likeness (QED) is 0.301. The third-order valence-corrected chi connectivity index (χ3v) is 6.91. The van der Waals surface area contributed by atoms with Crippen LogP contribution in [0.3, 0.4) is 0 Å². The van der Waals surface area contributed by atoms with Gasteiger partial charge in [0.05, 0.1) is 0 Å². The molecule has 2 atom stereocenters. The molecule has 1 heterocycles. The summed E-state index contributed by atoms with van der Waals surface area (Å²) in [5, 5.41) is 10.4. The fraction of sp³-hybridized carbons (Fsp3) is 0.174. The Kier molecular flexibility index (Phi) is 10.8. The van der Waals surface area contributed by atoms with Gasteiger partial charge in [-0.25, -0.2) is 12.8 Å². The number of carbonyl (C=O) groups is 1. The molecule has 34 heavy (non-hydrogen) atoms. The predicted molar refractivity (Wildman–Crippen MR) is 135 cm³/mol. The molecule has 2 aromatic carbocycles. The number of aromatic nitrogens is 1. The Morgan fingerprint density at radius 1 is 1.06 bits per heavy atom. The molecular formula is C23H25Cl2FN4O3S. The van der Waals surface area contributed by atoms with Crippen LogP contribution in [0.15, 0.2) is 78.0 Å². The highest BCUT2D eigenvalue weighted by Crippen LogP contribution is 2.29. The van der Waals surface area contributed by atoms with Gasteiger partial charge in [0.1, 0.15) is 15.8 Å². The number of halogens is 3. The molecule has 0 radical (unpaired) electrons. The van der Waals surface area contributed by atoms with E-state index in [9.17, 15) is 17.6 Å². The van der Waals surface area contributed by atoms with Crippen LogP contribution in [0.4, 0.5) is 10.1 Å². The standard InChI is InChI=1S/C23H23FN4O3S.2ClH/c1-2-18(22(26)32(30,31)20-6-4-3-5-19(20)24)21(25)15-7-9-16(10-8-15)23(29)28-17-11-13-27-14-12-17;;/h3-14,18,21,26H,2,25H2,1H3,(H,27,28,29);2*1H. The van der Waals surface area contributed by atoms with E-state index in [0.717, 1.165) is 12.1 Å². The number of hydrogen-bond acceptors (Lipinski definition) is 6. The van der Waals surface area contributed by atoms with Gasteiger partial charge in [-0.15, -0.1) is 24.8 Å². The first-order valence-corrected chi connectivity index (χ1v) is 11.4. The van der Waals surface area contributed by atoms with Crippen molar-refractivity contribution in [3.05, 3.63) is 90.0 Å². The minimum atomic E-state index is -4.33. The molecule has 2 unspecified atom stereocenters. The van der Waals surface area contributed by atoms with Gasteiger partial charge in [-0.05, 0) is 48.4 Å². The Hall–Kier alpha value is -2.85. The van der Waals surface area contributed by atoms with Crippen LogP contribution in [0.2, 0.25) is 0 Å². The van der Waals surface area contributed by atoms with E-state index in [0.29, 0.717) is 16.8 Å². The molecule has 3 aromatic rings. The van der Waals surface area contributed by atoms with Gasteiger partial charge in [0.25, 0.3) is 5.91 Å². The number of amides is 1. The number of hydrogen-bond donors (Lipinski definition) is 3. The maximum Gasteiger partial charge on any atom is 0.255 e. The number of sulfone groups is 1. The third-order valence-electron chi connectivity index (χ3n) is 5.12. The Morgan fingerprint density at radius 2 is 1.65 bits per heavy atom. The summed E-state index contributed by atoms with van der Waals surface area (Å²) < 4.78 is 39.7. The van der Waals surface area contributed by atoms with E-state index in [2.05, 4.69) is 10.3 Å². The summed E-state index contributed by atoms with van der Waals surface area (Å²) in [4.78, 5) is 15.7. The van der Waals surface area contributed by atoms with E-state index in [-0.39, 0.29) is 37.1 Å². The number of carbonyl (C=O) groups excluding carboxylic acids is 1. The highest BCUT2D eigenvalue weighted by molar-refractivity contribution is 8.06. The molecule has 1 amide bonds. The molecule has 3 rings (SSSR count).